The Kier molecular flexibility index (Phi) is 5.29. The molecule has 90 valence electrons. The van der Waals surface area contributed by atoms with Crippen LogP contribution in [0.2, 0.25) is 0 Å². The van der Waals surface area contributed by atoms with E-state index in [1.54, 1.807) is 7.11 Å². The number of nitrogens with two attached hydrogens (primary N) is 1. The van der Waals surface area contributed by atoms with Crippen LogP contribution in [-0.4, -0.2) is 13.7 Å². The van der Waals surface area contributed by atoms with Crippen molar-refractivity contribution >= 4 is 15.9 Å². The molecule has 0 aromatic heterocycles. The van der Waals surface area contributed by atoms with Gasteiger partial charge in [-0.1, -0.05) is 29.8 Å². The van der Waals surface area contributed by atoms with Crippen molar-refractivity contribution in [3.05, 3.63) is 27.7 Å². The fraction of sp³-hybridized carbons (Fsp3) is 0.538. The molecule has 0 atom stereocenters. The minimum Gasteiger partial charge on any atom is -0.496 e. The average molecular weight is 286 g/mol. The maximum atomic E-state index is 5.57. The first-order valence-electron chi connectivity index (χ1n) is 5.66. The van der Waals surface area contributed by atoms with Crippen molar-refractivity contribution in [1.82, 2.24) is 0 Å². The van der Waals surface area contributed by atoms with Crippen LogP contribution < -0.4 is 10.5 Å². The van der Waals surface area contributed by atoms with E-state index in [0.717, 1.165) is 29.6 Å². The summed E-state index contributed by atoms with van der Waals surface area (Å²) in [5, 5.41) is 0. The van der Waals surface area contributed by atoms with Crippen LogP contribution in [0.25, 0.3) is 0 Å². The number of aryl methyl sites for hydroxylation is 1. The van der Waals surface area contributed by atoms with Gasteiger partial charge >= 0.3 is 0 Å². The molecule has 1 rings (SSSR count). The van der Waals surface area contributed by atoms with Crippen molar-refractivity contribution in [2.24, 2.45) is 5.73 Å². The van der Waals surface area contributed by atoms with E-state index in [9.17, 15) is 0 Å². The summed E-state index contributed by atoms with van der Waals surface area (Å²) in [4.78, 5) is 0. The Morgan fingerprint density at radius 1 is 1.38 bits per heavy atom. The van der Waals surface area contributed by atoms with Gasteiger partial charge in [0.2, 0.25) is 0 Å². The third-order valence-electron chi connectivity index (χ3n) is 2.64. The van der Waals surface area contributed by atoms with Crippen molar-refractivity contribution in [3.8, 4) is 5.75 Å². The minimum absolute atomic E-state index is 0.468. The van der Waals surface area contributed by atoms with E-state index < -0.39 is 0 Å². The molecule has 0 aliphatic heterocycles. The third kappa shape index (κ3) is 3.22. The molecule has 0 aliphatic rings. The van der Waals surface area contributed by atoms with E-state index in [1.807, 2.05) is 6.07 Å². The number of benzene rings is 1. The molecular weight excluding hydrogens is 266 g/mol. The molecule has 3 heteroatoms. The predicted molar refractivity (Wildman–Crippen MR) is 72.2 cm³/mol. The Labute approximate surface area is 106 Å². The lowest BCUT2D eigenvalue weighted by molar-refractivity contribution is 0.406. The third-order valence-corrected chi connectivity index (χ3v) is 3.10. The lowest BCUT2D eigenvalue weighted by atomic mass is 9.93. The Bertz CT molecular complexity index is 350. The maximum absolute atomic E-state index is 5.57. The second-order valence-electron chi connectivity index (χ2n) is 4.23. The van der Waals surface area contributed by atoms with E-state index in [2.05, 4.69) is 35.8 Å². The minimum atomic E-state index is 0.468. The highest BCUT2D eigenvalue weighted by molar-refractivity contribution is 9.10. The summed E-state index contributed by atoms with van der Waals surface area (Å²) in [5.41, 5.74) is 8.21. The van der Waals surface area contributed by atoms with Crippen LogP contribution in [0.1, 0.15) is 37.3 Å². The van der Waals surface area contributed by atoms with Crippen molar-refractivity contribution in [3.63, 3.8) is 0 Å². The van der Waals surface area contributed by atoms with E-state index in [4.69, 9.17) is 10.5 Å². The maximum Gasteiger partial charge on any atom is 0.123 e. The average Bonchev–Trinajstić information content (AvgIpc) is 2.24. The summed E-state index contributed by atoms with van der Waals surface area (Å²) in [5.74, 6) is 1.44. The Morgan fingerprint density at radius 2 is 2.06 bits per heavy atom. The number of hydrogen-bond donors (Lipinski definition) is 1. The molecule has 0 spiro atoms. The monoisotopic (exact) mass is 285 g/mol. The lowest BCUT2D eigenvalue weighted by Crippen LogP contribution is -2.05. The summed E-state index contributed by atoms with van der Waals surface area (Å²) < 4.78 is 6.52. The fourth-order valence-corrected chi connectivity index (χ4v) is 2.45. The van der Waals surface area contributed by atoms with Gasteiger partial charge in [0, 0.05) is 4.47 Å². The van der Waals surface area contributed by atoms with Gasteiger partial charge in [0.05, 0.1) is 7.11 Å². The SMILES string of the molecule is COc1cc(Br)cc(CCCN)c1C(C)C. The molecule has 1 aromatic carbocycles. The highest BCUT2D eigenvalue weighted by Crippen LogP contribution is 2.33. The molecule has 16 heavy (non-hydrogen) atoms. The highest BCUT2D eigenvalue weighted by Gasteiger charge is 2.13. The quantitative estimate of drug-likeness (QED) is 0.899. The Hall–Kier alpha value is -0.540. The molecule has 1 aromatic rings. The molecule has 2 nitrogen and oxygen atoms in total. The van der Waals surface area contributed by atoms with E-state index in [0.29, 0.717) is 5.92 Å². The number of halogens is 1. The molecule has 0 heterocycles. The van der Waals surface area contributed by atoms with Crippen molar-refractivity contribution < 1.29 is 4.74 Å². The molecule has 2 N–H and O–H groups in total. The summed E-state index contributed by atoms with van der Waals surface area (Å²) >= 11 is 3.52. The topological polar surface area (TPSA) is 35.2 Å². The van der Waals surface area contributed by atoms with Crippen LogP contribution in [0, 0.1) is 0 Å². The van der Waals surface area contributed by atoms with Crippen LogP contribution in [0.4, 0.5) is 0 Å². The summed E-state index contributed by atoms with van der Waals surface area (Å²) in [7, 11) is 1.72. The number of methoxy groups -OCH3 is 1. The molecule has 0 saturated heterocycles. The first kappa shape index (κ1) is 13.5. The number of hydrogen-bond acceptors (Lipinski definition) is 2. The summed E-state index contributed by atoms with van der Waals surface area (Å²) in [6, 6.07) is 4.20. The van der Waals surface area contributed by atoms with Crippen LogP contribution in [-0.2, 0) is 6.42 Å². The molecule has 0 saturated carbocycles. The summed E-state index contributed by atoms with van der Waals surface area (Å²) in [6.07, 6.45) is 2.03. The zero-order valence-corrected chi connectivity index (χ0v) is 11.8. The van der Waals surface area contributed by atoms with Crippen molar-refractivity contribution in [1.29, 1.82) is 0 Å². The van der Waals surface area contributed by atoms with Gasteiger partial charge in [-0.2, -0.15) is 0 Å². The van der Waals surface area contributed by atoms with Gasteiger partial charge in [-0.25, -0.2) is 0 Å². The molecular formula is C13H20BrNO. The van der Waals surface area contributed by atoms with Gasteiger partial charge < -0.3 is 10.5 Å². The van der Waals surface area contributed by atoms with Crippen LogP contribution in [0.15, 0.2) is 16.6 Å². The first-order valence-corrected chi connectivity index (χ1v) is 6.45. The van der Waals surface area contributed by atoms with Gasteiger partial charge in [0.15, 0.2) is 0 Å². The highest BCUT2D eigenvalue weighted by atomic mass is 79.9. The van der Waals surface area contributed by atoms with Gasteiger partial charge in [-0.15, -0.1) is 0 Å². The molecule has 0 unspecified atom stereocenters. The molecule has 0 amide bonds. The summed E-state index contributed by atoms with van der Waals surface area (Å²) in [6.45, 7) is 5.11. The largest absolute Gasteiger partial charge is 0.496 e. The van der Waals surface area contributed by atoms with E-state index in [1.165, 1.54) is 11.1 Å². The zero-order valence-electron chi connectivity index (χ0n) is 10.2. The van der Waals surface area contributed by atoms with Crippen LogP contribution in [0.3, 0.4) is 0 Å². The van der Waals surface area contributed by atoms with Crippen molar-refractivity contribution in [2.75, 3.05) is 13.7 Å². The molecule has 0 bridgehead atoms. The van der Waals surface area contributed by atoms with Gasteiger partial charge in [-0.05, 0) is 48.6 Å². The van der Waals surface area contributed by atoms with Gasteiger partial charge in [0.25, 0.3) is 0 Å². The number of ether oxygens (including phenoxy) is 1. The second kappa shape index (κ2) is 6.26. The standard InChI is InChI=1S/C13H20BrNO/c1-9(2)13-10(5-4-6-15)7-11(14)8-12(13)16-3/h7-9H,4-6,15H2,1-3H3. The molecule has 0 radical (unpaired) electrons. The van der Waals surface area contributed by atoms with Crippen LogP contribution in [0.5, 0.6) is 5.75 Å². The first-order chi connectivity index (χ1) is 7.60. The molecule has 0 fully saturated rings. The fourth-order valence-electron chi connectivity index (χ4n) is 1.97. The smallest absolute Gasteiger partial charge is 0.123 e. The van der Waals surface area contributed by atoms with E-state index in [-0.39, 0.29) is 0 Å². The predicted octanol–water partition coefficient (Wildman–Crippen LogP) is 3.47. The van der Waals surface area contributed by atoms with E-state index >= 15 is 0 Å². The van der Waals surface area contributed by atoms with Crippen LogP contribution >= 0.6 is 15.9 Å². The second-order valence-corrected chi connectivity index (χ2v) is 5.14. The normalized spacial score (nSPS) is 10.9. The molecule has 0 aliphatic carbocycles. The van der Waals surface area contributed by atoms with Crippen molar-refractivity contribution in [2.45, 2.75) is 32.6 Å². The van der Waals surface area contributed by atoms with Gasteiger partial charge in [0.1, 0.15) is 5.75 Å². The lowest BCUT2D eigenvalue weighted by Gasteiger charge is -2.17. The Balaban J connectivity index is 3.15. The zero-order chi connectivity index (χ0) is 12.1. The number of rotatable bonds is 5. The van der Waals surface area contributed by atoms with Gasteiger partial charge in [-0.3, -0.25) is 0 Å². The Morgan fingerprint density at radius 3 is 2.56 bits per heavy atom.